The van der Waals surface area contributed by atoms with E-state index in [-0.39, 0.29) is 24.5 Å². The van der Waals surface area contributed by atoms with Gasteiger partial charge in [-0.05, 0) is 6.42 Å². The van der Waals surface area contributed by atoms with Crippen molar-refractivity contribution >= 4 is 17.7 Å². The third-order valence-electron chi connectivity index (χ3n) is 5.42. The van der Waals surface area contributed by atoms with Crippen LogP contribution >= 0.6 is 0 Å². The number of ketones is 1. The molecular formula is C22H34F2N4O5. The summed E-state index contributed by atoms with van der Waals surface area (Å²) in [5, 5.41) is 8.70. The number of aromatic nitrogens is 1. The molecule has 186 valence electrons. The summed E-state index contributed by atoms with van der Waals surface area (Å²) >= 11 is 0. The number of carbonyl (C=O) groups excluding carboxylic acids is 3. The van der Waals surface area contributed by atoms with E-state index in [1.165, 1.54) is 11.0 Å². The van der Waals surface area contributed by atoms with Crippen LogP contribution in [0.2, 0.25) is 0 Å². The van der Waals surface area contributed by atoms with E-state index < -0.39 is 48.6 Å². The van der Waals surface area contributed by atoms with Gasteiger partial charge in [0.25, 0.3) is 5.92 Å². The first-order valence-electron chi connectivity index (χ1n) is 11.4. The molecule has 2 atom stereocenters. The topological polar surface area (TPSA) is 114 Å². The lowest BCUT2D eigenvalue weighted by Gasteiger charge is -2.30. The van der Waals surface area contributed by atoms with Crippen molar-refractivity contribution in [2.45, 2.75) is 77.3 Å². The molecule has 0 spiro atoms. The summed E-state index contributed by atoms with van der Waals surface area (Å²) in [6.45, 7) is 8.32. The summed E-state index contributed by atoms with van der Waals surface area (Å²) in [5.74, 6) is -3.94. The number of nitrogens with one attached hydrogen (secondary N) is 2. The highest BCUT2D eigenvalue weighted by atomic mass is 19.3. The Hall–Kier alpha value is -2.56. The quantitative estimate of drug-likeness (QED) is 0.479. The smallest absolute Gasteiger partial charge is 0.318 e. The molecule has 0 bridgehead atoms. The highest BCUT2D eigenvalue weighted by Crippen LogP contribution is 2.26. The van der Waals surface area contributed by atoms with Gasteiger partial charge in [-0.1, -0.05) is 39.3 Å². The second-order valence-electron chi connectivity index (χ2n) is 8.51. The molecule has 1 fully saturated rings. The zero-order valence-corrected chi connectivity index (χ0v) is 19.7. The van der Waals surface area contributed by atoms with Crippen LogP contribution in [-0.2, 0) is 9.53 Å². The van der Waals surface area contributed by atoms with Crippen molar-refractivity contribution in [3.8, 4) is 0 Å². The molecule has 1 aromatic heterocycles. The fraction of sp³-hybridized carbons (Fsp3) is 0.727. The zero-order valence-electron chi connectivity index (χ0n) is 19.7. The number of urea groups is 1. The van der Waals surface area contributed by atoms with Crippen LogP contribution in [0.4, 0.5) is 13.6 Å². The average Bonchev–Trinajstić information content (AvgIpc) is 3.27. The maximum atomic E-state index is 14.4. The van der Waals surface area contributed by atoms with Crippen LogP contribution in [0, 0.1) is 0 Å². The lowest BCUT2D eigenvalue weighted by molar-refractivity contribution is -0.126. The summed E-state index contributed by atoms with van der Waals surface area (Å²) < 4.78 is 39.1. The van der Waals surface area contributed by atoms with Crippen molar-refractivity contribution < 1.29 is 32.4 Å². The largest absolute Gasteiger partial charge is 0.378 e. The predicted molar refractivity (Wildman–Crippen MR) is 116 cm³/mol. The summed E-state index contributed by atoms with van der Waals surface area (Å²) in [6.07, 6.45) is -0.852. The van der Waals surface area contributed by atoms with Crippen molar-refractivity contribution in [2.24, 2.45) is 0 Å². The van der Waals surface area contributed by atoms with E-state index in [1.807, 2.05) is 13.8 Å². The number of hydrogen-bond acceptors (Lipinski definition) is 6. The molecule has 0 aliphatic carbocycles. The third kappa shape index (κ3) is 7.76. The summed E-state index contributed by atoms with van der Waals surface area (Å²) in [4.78, 5) is 39.8. The standard InChI is InChI=1S/C22H34F2N4O5/c1-5-7-22(23,24)13-17(26-21(31)28-8-10-32-11-9-28)20(30)25-15(6-2)19(29)16-12-18(14(3)4)33-27-16/h12,14-15,17H,5-11,13H2,1-4H3,(H,25,30)(H,26,31)/t15?,17-/m0/s1. The monoisotopic (exact) mass is 472 g/mol. The number of ether oxygens (including phenoxy) is 1. The highest BCUT2D eigenvalue weighted by molar-refractivity contribution is 6.01. The van der Waals surface area contributed by atoms with E-state index in [0.29, 0.717) is 32.1 Å². The Labute approximate surface area is 192 Å². The number of hydrogen-bond donors (Lipinski definition) is 2. The van der Waals surface area contributed by atoms with E-state index in [0.717, 1.165) is 0 Å². The molecule has 2 N–H and O–H groups in total. The predicted octanol–water partition coefficient (Wildman–Crippen LogP) is 3.11. The molecule has 1 unspecified atom stereocenters. The average molecular weight is 473 g/mol. The van der Waals surface area contributed by atoms with Gasteiger partial charge in [0, 0.05) is 37.9 Å². The van der Waals surface area contributed by atoms with Crippen LogP contribution in [0.25, 0.3) is 0 Å². The Morgan fingerprint density at radius 3 is 2.36 bits per heavy atom. The number of alkyl halides is 2. The van der Waals surface area contributed by atoms with Crippen LogP contribution in [0.3, 0.4) is 0 Å². The van der Waals surface area contributed by atoms with E-state index in [2.05, 4.69) is 15.8 Å². The Morgan fingerprint density at radius 2 is 1.82 bits per heavy atom. The van der Waals surface area contributed by atoms with Crippen molar-refractivity contribution in [1.29, 1.82) is 0 Å². The van der Waals surface area contributed by atoms with Gasteiger partial charge in [-0.3, -0.25) is 9.59 Å². The van der Waals surface area contributed by atoms with Crippen LogP contribution in [-0.4, -0.2) is 72.1 Å². The lowest BCUT2D eigenvalue weighted by atomic mass is 10.0. The molecule has 1 aromatic rings. The first-order valence-corrected chi connectivity index (χ1v) is 11.4. The molecule has 3 amide bonds. The summed E-state index contributed by atoms with van der Waals surface area (Å²) in [7, 11) is 0. The van der Waals surface area contributed by atoms with Gasteiger partial charge in [0.05, 0.1) is 19.3 Å². The SMILES string of the molecule is CCCC(F)(F)C[C@H](NC(=O)N1CCOCC1)C(=O)NC(CC)C(=O)c1cc(C(C)C)on1. The van der Waals surface area contributed by atoms with E-state index in [9.17, 15) is 23.2 Å². The zero-order chi connectivity index (χ0) is 24.6. The molecule has 0 aromatic carbocycles. The van der Waals surface area contributed by atoms with Gasteiger partial charge in [0.15, 0.2) is 5.69 Å². The Bertz CT molecular complexity index is 808. The van der Waals surface area contributed by atoms with Crippen molar-refractivity contribution in [3.05, 3.63) is 17.5 Å². The van der Waals surface area contributed by atoms with Gasteiger partial charge in [0.2, 0.25) is 11.7 Å². The Balaban J connectivity index is 2.14. The van der Waals surface area contributed by atoms with Gasteiger partial charge in [-0.15, -0.1) is 0 Å². The molecular weight excluding hydrogens is 438 g/mol. The van der Waals surface area contributed by atoms with Gasteiger partial charge < -0.3 is 24.8 Å². The van der Waals surface area contributed by atoms with Crippen molar-refractivity contribution in [2.75, 3.05) is 26.3 Å². The number of Topliss-reactive ketones (excluding diaryl/α,β-unsaturated/α-hetero) is 1. The molecule has 2 heterocycles. The third-order valence-corrected chi connectivity index (χ3v) is 5.42. The molecule has 0 radical (unpaired) electrons. The molecule has 0 saturated carbocycles. The molecule has 11 heteroatoms. The molecule has 2 rings (SSSR count). The van der Waals surface area contributed by atoms with Crippen LogP contribution in [0.5, 0.6) is 0 Å². The van der Waals surface area contributed by atoms with Crippen LogP contribution < -0.4 is 10.6 Å². The minimum Gasteiger partial charge on any atom is -0.378 e. The maximum absolute atomic E-state index is 14.4. The fourth-order valence-corrected chi connectivity index (χ4v) is 3.46. The summed E-state index contributed by atoms with van der Waals surface area (Å²) in [5.41, 5.74) is 0.0519. The minimum absolute atomic E-state index is 0.0225. The maximum Gasteiger partial charge on any atom is 0.318 e. The minimum atomic E-state index is -3.15. The fourth-order valence-electron chi connectivity index (χ4n) is 3.46. The van der Waals surface area contributed by atoms with Crippen molar-refractivity contribution in [3.63, 3.8) is 0 Å². The van der Waals surface area contributed by atoms with Gasteiger partial charge in [-0.25, -0.2) is 13.6 Å². The van der Waals surface area contributed by atoms with E-state index in [4.69, 9.17) is 9.26 Å². The number of halogens is 2. The number of morpholine rings is 1. The molecule has 1 aliphatic rings. The number of amides is 3. The second kappa shape index (κ2) is 12.1. The molecule has 1 aliphatic heterocycles. The number of rotatable bonds is 11. The Morgan fingerprint density at radius 1 is 1.15 bits per heavy atom. The number of nitrogens with zero attached hydrogens (tertiary/aromatic N) is 2. The van der Waals surface area contributed by atoms with E-state index in [1.54, 1.807) is 13.8 Å². The first kappa shape index (κ1) is 26.7. The van der Waals surface area contributed by atoms with Gasteiger partial charge in [-0.2, -0.15) is 0 Å². The van der Waals surface area contributed by atoms with Gasteiger partial charge in [0.1, 0.15) is 11.8 Å². The lowest BCUT2D eigenvalue weighted by Crippen LogP contribution is -2.56. The molecule has 1 saturated heterocycles. The summed E-state index contributed by atoms with van der Waals surface area (Å²) in [6, 6.07) is -1.62. The molecule has 9 nitrogen and oxygen atoms in total. The van der Waals surface area contributed by atoms with Crippen LogP contribution in [0.1, 0.15) is 75.5 Å². The second-order valence-corrected chi connectivity index (χ2v) is 8.51. The van der Waals surface area contributed by atoms with Crippen LogP contribution in [0.15, 0.2) is 10.6 Å². The van der Waals surface area contributed by atoms with E-state index >= 15 is 0 Å². The first-order chi connectivity index (χ1) is 15.6. The number of carbonyl (C=O) groups is 3. The Kier molecular flexibility index (Phi) is 9.75. The highest BCUT2D eigenvalue weighted by Gasteiger charge is 2.38. The van der Waals surface area contributed by atoms with Crippen molar-refractivity contribution in [1.82, 2.24) is 20.7 Å². The van der Waals surface area contributed by atoms with Gasteiger partial charge >= 0.3 is 6.03 Å². The normalized spacial score (nSPS) is 16.4. The molecule has 33 heavy (non-hydrogen) atoms.